The molecule has 0 spiro atoms. The number of nitrogens with one attached hydrogen (secondary N) is 2. The molecule has 0 atom stereocenters. The number of hydrogen-bond donors (Lipinski definition) is 3. The van der Waals surface area contributed by atoms with Crippen molar-refractivity contribution in [1.29, 1.82) is 0 Å². The van der Waals surface area contributed by atoms with Crippen molar-refractivity contribution >= 4 is 48.4 Å². The van der Waals surface area contributed by atoms with Gasteiger partial charge in [0.05, 0.1) is 12.4 Å². The minimum atomic E-state index is -3.78. The summed E-state index contributed by atoms with van der Waals surface area (Å²) in [4.78, 5) is 10.9. The van der Waals surface area contributed by atoms with Crippen LogP contribution in [0, 0.1) is 0 Å². The number of nitrogens with two attached hydrogens (primary N) is 1. The van der Waals surface area contributed by atoms with Crippen LogP contribution in [0.1, 0.15) is 0 Å². The summed E-state index contributed by atoms with van der Waals surface area (Å²) in [5, 5.41) is 0.521. The van der Waals surface area contributed by atoms with E-state index in [0.29, 0.717) is 21.2 Å². The molecule has 3 aromatic rings. The number of halogens is 1. The van der Waals surface area contributed by atoms with Crippen LogP contribution in [0.3, 0.4) is 0 Å². The Morgan fingerprint density at radius 1 is 1.24 bits per heavy atom. The third-order valence-electron chi connectivity index (χ3n) is 2.82. The van der Waals surface area contributed by atoms with Gasteiger partial charge in [-0.2, -0.15) is 0 Å². The lowest BCUT2D eigenvalue weighted by Gasteiger charge is -2.06. The summed E-state index contributed by atoms with van der Waals surface area (Å²) in [5.74, 6) is 0.136. The molecule has 0 aliphatic heterocycles. The number of aromatic amines is 1. The summed E-state index contributed by atoms with van der Waals surface area (Å²) in [6.07, 6.45) is 4.15. The van der Waals surface area contributed by atoms with Gasteiger partial charge in [-0.3, -0.25) is 4.72 Å². The average molecular weight is 368 g/mol. The van der Waals surface area contributed by atoms with Crippen molar-refractivity contribution in [2.75, 3.05) is 10.5 Å². The lowest BCUT2D eigenvalue weighted by molar-refractivity contribution is 0.602. The van der Waals surface area contributed by atoms with E-state index in [2.05, 4.69) is 35.6 Å². The van der Waals surface area contributed by atoms with E-state index in [9.17, 15) is 8.42 Å². The molecule has 0 saturated heterocycles. The van der Waals surface area contributed by atoms with Gasteiger partial charge in [-0.05, 0) is 34.1 Å². The number of anilines is 2. The lowest BCUT2D eigenvalue weighted by atomic mass is 10.2. The average Bonchev–Trinajstić information content (AvgIpc) is 2.85. The fourth-order valence-corrected chi connectivity index (χ4v) is 3.26. The van der Waals surface area contributed by atoms with Crippen molar-refractivity contribution in [1.82, 2.24) is 15.0 Å². The van der Waals surface area contributed by atoms with Crippen molar-refractivity contribution in [3.05, 3.63) is 41.4 Å². The first-order valence-corrected chi connectivity index (χ1v) is 8.10. The van der Waals surface area contributed by atoms with Crippen LogP contribution < -0.4 is 10.5 Å². The molecule has 0 fully saturated rings. The van der Waals surface area contributed by atoms with Crippen LogP contribution in [0.15, 0.2) is 46.3 Å². The minimum Gasteiger partial charge on any atom is -0.399 e. The standard InChI is InChI=1S/C12H10BrN5O2S/c13-11-5-17-12(6-16-11)18-21(19,20)10-4-15-9-2-1-7(14)3-8(9)10/h1-6,15H,14H2,(H,17,18). The fraction of sp³-hybridized carbons (Fsp3) is 0. The van der Waals surface area contributed by atoms with Gasteiger partial charge < -0.3 is 10.7 Å². The SMILES string of the molecule is Nc1ccc2[nH]cc(S(=O)(=O)Nc3cnc(Br)cn3)c2c1. The Bertz CT molecular complexity index is 905. The third-order valence-corrected chi connectivity index (χ3v) is 4.62. The molecule has 2 heterocycles. The number of rotatable bonds is 3. The van der Waals surface area contributed by atoms with Gasteiger partial charge >= 0.3 is 0 Å². The quantitative estimate of drug-likeness (QED) is 0.613. The highest BCUT2D eigenvalue weighted by Crippen LogP contribution is 2.26. The van der Waals surface area contributed by atoms with Crippen LogP contribution in [0.4, 0.5) is 11.5 Å². The van der Waals surface area contributed by atoms with E-state index in [1.54, 1.807) is 18.2 Å². The molecule has 0 amide bonds. The Labute approximate surface area is 128 Å². The van der Waals surface area contributed by atoms with Crippen LogP contribution >= 0.6 is 15.9 Å². The first kappa shape index (κ1) is 13.8. The van der Waals surface area contributed by atoms with Crippen LogP contribution in [-0.4, -0.2) is 23.4 Å². The van der Waals surface area contributed by atoms with Gasteiger partial charge in [-0.25, -0.2) is 18.4 Å². The normalized spacial score (nSPS) is 11.7. The molecule has 1 aromatic carbocycles. The molecular formula is C12H10BrN5O2S. The number of fused-ring (bicyclic) bond motifs is 1. The monoisotopic (exact) mass is 367 g/mol. The van der Waals surface area contributed by atoms with Gasteiger partial charge in [0.15, 0.2) is 5.82 Å². The molecule has 21 heavy (non-hydrogen) atoms. The number of sulfonamides is 1. The summed E-state index contributed by atoms with van der Waals surface area (Å²) in [5.41, 5.74) is 6.88. The van der Waals surface area contributed by atoms with Gasteiger partial charge in [0, 0.05) is 22.8 Å². The predicted octanol–water partition coefficient (Wildman–Crippen LogP) is 2.10. The minimum absolute atomic E-state index is 0.106. The number of hydrogen-bond acceptors (Lipinski definition) is 5. The summed E-state index contributed by atoms with van der Waals surface area (Å²) in [7, 11) is -3.78. The van der Waals surface area contributed by atoms with Crippen molar-refractivity contribution in [3.8, 4) is 0 Å². The molecule has 9 heteroatoms. The Hall–Kier alpha value is -2.13. The van der Waals surface area contributed by atoms with Gasteiger partial charge in [0.25, 0.3) is 10.0 Å². The van der Waals surface area contributed by atoms with E-state index in [0.717, 1.165) is 0 Å². The number of H-pyrrole nitrogens is 1. The van der Waals surface area contributed by atoms with Gasteiger partial charge in [0.2, 0.25) is 0 Å². The molecule has 3 rings (SSSR count). The predicted molar refractivity (Wildman–Crippen MR) is 83.3 cm³/mol. The van der Waals surface area contributed by atoms with Crippen LogP contribution in [0.5, 0.6) is 0 Å². The second kappa shape index (κ2) is 5.01. The first-order valence-electron chi connectivity index (χ1n) is 5.83. The fourth-order valence-electron chi connectivity index (χ4n) is 1.89. The number of nitrogens with zero attached hydrogens (tertiary/aromatic N) is 2. The van der Waals surface area contributed by atoms with Gasteiger partial charge in [0.1, 0.15) is 9.50 Å². The zero-order valence-corrected chi connectivity index (χ0v) is 12.9. The summed E-state index contributed by atoms with van der Waals surface area (Å²) < 4.78 is 27.7. The second-order valence-electron chi connectivity index (χ2n) is 4.29. The van der Waals surface area contributed by atoms with E-state index in [4.69, 9.17) is 5.73 Å². The Kier molecular flexibility index (Phi) is 3.30. The summed E-state index contributed by atoms with van der Waals surface area (Å²) >= 11 is 3.13. The van der Waals surface area contributed by atoms with Crippen molar-refractivity contribution in [2.45, 2.75) is 4.90 Å². The van der Waals surface area contributed by atoms with E-state index >= 15 is 0 Å². The van der Waals surface area contributed by atoms with Crippen molar-refractivity contribution in [3.63, 3.8) is 0 Å². The molecule has 0 radical (unpaired) electrons. The largest absolute Gasteiger partial charge is 0.399 e. The van der Waals surface area contributed by atoms with Gasteiger partial charge in [-0.15, -0.1) is 0 Å². The number of nitrogen functional groups attached to an aromatic ring is 1. The number of aromatic nitrogens is 3. The van der Waals surface area contributed by atoms with Crippen LogP contribution in [0.25, 0.3) is 10.9 Å². The molecule has 0 saturated carbocycles. The molecule has 0 bridgehead atoms. The Morgan fingerprint density at radius 3 is 2.76 bits per heavy atom. The zero-order valence-electron chi connectivity index (χ0n) is 10.5. The molecule has 4 N–H and O–H groups in total. The Morgan fingerprint density at radius 2 is 2.05 bits per heavy atom. The zero-order chi connectivity index (χ0) is 15.0. The van der Waals surface area contributed by atoms with Gasteiger partial charge in [-0.1, -0.05) is 0 Å². The molecular weight excluding hydrogens is 358 g/mol. The topological polar surface area (TPSA) is 114 Å². The molecule has 0 aliphatic rings. The highest BCUT2D eigenvalue weighted by Gasteiger charge is 2.19. The van der Waals surface area contributed by atoms with Crippen molar-refractivity contribution < 1.29 is 8.42 Å². The third kappa shape index (κ3) is 2.69. The van der Waals surface area contributed by atoms with Crippen LogP contribution in [-0.2, 0) is 10.0 Å². The maximum absolute atomic E-state index is 12.4. The maximum Gasteiger partial charge on any atom is 0.265 e. The molecule has 0 unspecified atom stereocenters. The lowest BCUT2D eigenvalue weighted by Crippen LogP contribution is -2.13. The molecule has 0 aliphatic carbocycles. The van der Waals surface area contributed by atoms with E-state index < -0.39 is 10.0 Å². The van der Waals surface area contributed by atoms with Crippen LogP contribution in [0.2, 0.25) is 0 Å². The molecule has 108 valence electrons. The van der Waals surface area contributed by atoms with Crippen molar-refractivity contribution in [2.24, 2.45) is 0 Å². The second-order valence-corrected chi connectivity index (χ2v) is 6.75. The Balaban J connectivity index is 2.04. The summed E-state index contributed by atoms with van der Waals surface area (Å²) in [6, 6.07) is 5.03. The smallest absolute Gasteiger partial charge is 0.265 e. The van der Waals surface area contributed by atoms with E-state index in [-0.39, 0.29) is 10.7 Å². The van der Waals surface area contributed by atoms with E-state index in [1.165, 1.54) is 18.6 Å². The maximum atomic E-state index is 12.4. The highest BCUT2D eigenvalue weighted by atomic mass is 79.9. The molecule has 2 aromatic heterocycles. The highest BCUT2D eigenvalue weighted by molar-refractivity contribution is 9.10. The molecule has 7 nitrogen and oxygen atoms in total. The number of benzene rings is 1. The first-order chi connectivity index (χ1) is 9.95. The summed E-state index contributed by atoms with van der Waals surface area (Å²) in [6.45, 7) is 0. The van der Waals surface area contributed by atoms with E-state index in [1.807, 2.05) is 0 Å².